The largest absolute Gasteiger partial charge is 0.497 e. The van der Waals surface area contributed by atoms with Crippen molar-refractivity contribution >= 4 is 33.3 Å². The van der Waals surface area contributed by atoms with Crippen molar-refractivity contribution in [3.8, 4) is 5.75 Å². The van der Waals surface area contributed by atoms with Crippen LogP contribution >= 0.6 is 11.3 Å². The van der Waals surface area contributed by atoms with E-state index in [4.69, 9.17) is 9.47 Å². The van der Waals surface area contributed by atoms with Gasteiger partial charge in [0.2, 0.25) is 0 Å². The van der Waals surface area contributed by atoms with Crippen LogP contribution in [0.15, 0.2) is 54.6 Å². The fraction of sp³-hybridized carbons (Fsp3) is 0.200. The number of amides is 1. The van der Waals surface area contributed by atoms with Crippen molar-refractivity contribution in [2.45, 2.75) is 12.5 Å². The van der Waals surface area contributed by atoms with Crippen molar-refractivity contribution < 1.29 is 19.1 Å². The van der Waals surface area contributed by atoms with E-state index >= 15 is 0 Å². The first kappa shape index (κ1) is 17.9. The minimum atomic E-state index is -0.480. The first-order valence-corrected chi connectivity index (χ1v) is 8.92. The number of carbonyl (C=O) groups is 2. The third-order valence-electron chi connectivity index (χ3n) is 4.07. The van der Waals surface area contributed by atoms with Crippen LogP contribution in [0.5, 0.6) is 5.75 Å². The second-order valence-electron chi connectivity index (χ2n) is 5.73. The number of benzene rings is 2. The smallest absolute Gasteiger partial charge is 0.307 e. The number of methoxy groups -OCH3 is 2. The standard InChI is InChI=1S/C20H19NO4S/c1-24-15-9-7-13(8-10-15)16(12-19(22)25-2)21-20(23)18-11-14-5-3-4-6-17(14)26-18/h3-11,16H,12H2,1-2H3,(H,21,23). The fourth-order valence-electron chi connectivity index (χ4n) is 2.66. The molecule has 0 radical (unpaired) electrons. The Balaban J connectivity index is 1.83. The average Bonchev–Trinajstić information content (AvgIpc) is 3.11. The molecule has 1 N–H and O–H groups in total. The first-order chi connectivity index (χ1) is 12.6. The van der Waals surface area contributed by atoms with Crippen molar-refractivity contribution in [3.05, 3.63) is 65.0 Å². The predicted molar refractivity (Wildman–Crippen MR) is 102 cm³/mol. The van der Waals surface area contributed by atoms with Gasteiger partial charge in [0.25, 0.3) is 5.91 Å². The number of hydrogen-bond donors (Lipinski definition) is 1. The minimum absolute atomic E-state index is 0.0550. The maximum atomic E-state index is 12.7. The molecule has 0 spiro atoms. The zero-order valence-electron chi connectivity index (χ0n) is 14.5. The fourth-order valence-corrected chi connectivity index (χ4v) is 3.63. The molecule has 134 valence electrons. The molecule has 0 aliphatic heterocycles. The lowest BCUT2D eigenvalue weighted by Gasteiger charge is -2.18. The molecule has 1 aromatic heterocycles. The van der Waals surface area contributed by atoms with E-state index in [0.717, 1.165) is 15.6 Å². The molecule has 26 heavy (non-hydrogen) atoms. The van der Waals surface area contributed by atoms with Gasteiger partial charge in [-0.25, -0.2) is 0 Å². The van der Waals surface area contributed by atoms with Gasteiger partial charge in [-0.3, -0.25) is 9.59 Å². The van der Waals surface area contributed by atoms with Gasteiger partial charge in [-0.15, -0.1) is 11.3 Å². The van der Waals surface area contributed by atoms with E-state index in [-0.39, 0.29) is 18.3 Å². The van der Waals surface area contributed by atoms with Crippen molar-refractivity contribution in [2.24, 2.45) is 0 Å². The summed E-state index contributed by atoms with van der Waals surface area (Å²) < 4.78 is 11.0. The predicted octanol–water partition coefficient (Wildman–Crippen LogP) is 3.94. The molecule has 1 amide bonds. The second-order valence-corrected chi connectivity index (χ2v) is 6.81. The highest BCUT2D eigenvalue weighted by atomic mass is 32.1. The number of rotatable bonds is 6. The molecule has 5 nitrogen and oxygen atoms in total. The lowest BCUT2D eigenvalue weighted by molar-refractivity contribution is -0.141. The third-order valence-corrected chi connectivity index (χ3v) is 5.19. The molecule has 3 aromatic rings. The van der Waals surface area contributed by atoms with Gasteiger partial charge in [0.05, 0.1) is 31.6 Å². The van der Waals surface area contributed by atoms with E-state index in [1.807, 2.05) is 42.5 Å². The molecule has 1 unspecified atom stereocenters. The summed E-state index contributed by atoms with van der Waals surface area (Å²) >= 11 is 1.43. The van der Waals surface area contributed by atoms with Crippen molar-refractivity contribution in [3.63, 3.8) is 0 Å². The quantitative estimate of drug-likeness (QED) is 0.669. The number of fused-ring (bicyclic) bond motifs is 1. The van der Waals surface area contributed by atoms with Gasteiger partial charge in [-0.1, -0.05) is 30.3 Å². The Morgan fingerprint density at radius 2 is 1.81 bits per heavy atom. The summed E-state index contributed by atoms with van der Waals surface area (Å²) in [5.74, 6) is 0.111. The first-order valence-electron chi connectivity index (χ1n) is 8.11. The number of hydrogen-bond acceptors (Lipinski definition) is 5. The van der Waals surface area contributed by atoms with Crippen LogP contribution in [0.4, 0.5) is 0 Å². The Labute approximate surface area is 155 Å². The van der Waals surface area contributed by atoms with Crippen molar-refractivity contribution in [1.29, 1.82) is 0 Å². The van der Waals surface area contributed by atoms with Gasteiger partial charge in [0, 0.05) is 4.70 Å². The Hall–Kier alpha value is -2.86. The average molecular weight is 369 g/mol. The molecule has 6 heteroatoms. The third kappa shape index (κ3) is 4.03. The summed E-state index contributed by atoms with van der Waals surface area (Å²) in [5.41, 5.74) is 0.811. The van der Waals surface area contributed by atoms with Crippen LogP contribution < -0.4 is 10.1 Å². The van der Waals surface area contributed by atoms with Gasteiger partial charge >= 0.3 is 5.97 Å². The lowest BCUT2D eigenvalue weighted by Crippen LogP contribution is -2.30. The highest BCUT2D eigenvalue weighted by Crippen LogP contribution is 2.27. The number of ether oxygens (including phenoxy) is 2. The molecular formula is C20H19NO4S. The van der Waals surface area contributed by atoms with Gasteiger partial charge in [0.15, 0.2) is 0 Å². The topological polar surface area (TPSA) is 64.6 Å². The second kappa shape index (κ2) is 8.01. The summed E-state index contributed by atoms with van der Waals surface area (Å²) in [6, 6.07) is 16.5. The molecule has 0 saturated heterocycles. The molecule has 1 atom stereocenters. The maximum Gasteiger partial charge on any atom is 0.307 e. The van der Waals surface area contributed by atoms with Gasteiger partial charge in [-0.2, -0.15) is 0 Å². The summed E-state index contributed by atoms with van der Waals surface area (Å²) in [7, 11) is 2.92. The highest BCUT2D eigenvalue weighted by Gasteiger charge is 2.21. The van der Waals surface area contributed by atoms with Crippen molar-refractivity contribution in [1.82, 2.24) is 5.32 Å². The Morgan fingerprint density at radius 3 is 2.46 bits per heavy atom. The van der Waals surface area contributed by atoms with Crippen LogP contribution in [-0.2, 0) is 9.53 Å². The molecule has 0 aliphatic carbocycles. The van der Waals surface area contributed by atoms with Crippen LogP contribution in [0.2, 0.25) is 0 Å². The van der Waals surface area contributed by atoms with Crippen LogP contribution in [0.3, 0.4) is 0 Å². The molecule has 1 heterocycles. The Bertz CT molecular complexity index is 884. The molecule has 2 aromatic carbocycles. The van der Waals surface area contributed by atoms with E-state index in [1.165, 1.54) is 18.4 Å². The van der Waals surface area contributed by atoms with Crippen LogP contribution in [-0.4, -0.2) is 26.1 Å². The number of thiophene rings is 1. The van der Waals surface area contributed by atoms with Gasteiger partial charge in [-0.05, 0) is 35.2 Å². The zero-order valence-corrected chi connectivity index (χ0v) is 15.3. The summed E-state index contributed by atoms with van der Waals surface area (Å²) in [4.78, 5) is 25.1. The van der Waals surface area contributed by atoms with Crippen LogP contribution in [0.25, 0.3) is 10.1 Å². The Morgan fingerprint density at radius 1 is 1.08 bits per heavy atom. The van der Waals surface area contributed by atoms with Gasteiger partial charge in [0.1, 0.15) is 5.75 Å². The van der Waals surface area contributed by atoms with Crippen LogP contribution in [0, 0.1) is 0 Å². The Kier molecular flexibility index (Phi) is 5.53. The highest BCUT2D eigenvalue weighted by molar-refractivity contribution is 7.20. The number of esters is 1. The van der Waals surface area contributed by atoms with E-state index in [0.29, 0.717) is 10.6 Å². The van der Waals surface area contributed by atoms with E-state index in [1.54, 1.807) is 19.2 Å². The number of carbonyl (C=O) groups excluding carboxylic acids is 2. The molecule has 0 aliphatic rings. The van der Waals surface area contributed by atoms with Crippen LogP contribution in [0.1, 0.15) is 27.7 Å². The molecule has 0 bridgehead atoms. The summed E-state index contributed by atoms with van der Waals surface area (Å²) in [6.45, 7) is 0. The molecule has 0 fully saturated rings. The molecule has 3 rings (SSSR count). The summed E-state index contributed by atoms with van der Waals surface area (Å²) in [6.07, 6.45) is 0.0550. The maximum absolute atomic E-state index is 12.7. The van der Waals surface area contributed by atoms with Crippen molar-refractivity contribution in [2.75, 3.05) is 14.2 Å². The van der Waals surface area contributed by atoms with E-state index in [9.17, 15) is 9.59 Å². The van der Waals surface area contributed by atoms with E-state index < -0.39 is 6.04 Å². The minimum Gasteiger partial charge on any atom is -0.497 e. The molecular weight excluding hydrogens is 350 g/mol. The normalized spacial score (nSPS) is 11.8. The van der Waals surface area contributed by atoms with E-state index in [2.05, 4.69) is 5.32 Å². The number of nitrogens with one attached hydrogen (secondary N) is 1. The monoisotopic (exact) mass is 369 g/mol. The summed E-state index contributed by atoms with van der Waals surface area (Å²) in [5, 5.41) is 3.97. The zero-order chi connectivity index (χ0) is 18.5. The molecule has 0 saturated carbocycles. The SMILES string of the molecule is COC(=O)CC(NC(=O)c1cc2ccccc2s1)c1ccc(OC)cc1. The van der Waals surface area contributed by atoms with Gasteiger partial charge < -0.3 is 14.8 Å². The lowest BCUT2D eigenvalue weighted by atomic mass is 10.0.